The smallest absolute Gasteiger partial charge is 0.125 e. The van der Waals surface area contributed by atoms with Crippen molar-refractivity contribution in [2.45, 2.75) is 58.2 Å². The summed E-state index contributed by atoms with van der Waals surface area (Å²) in [4.78, 5) is 0. The zero-order chi connectivity index (χ0) is 15.3. The normalized spacial score (nSPS) is 19.0. The molecular formula is C17H26ClNO2. The van der Waals surface area contributed by atoms with Crippen molar-refractivity contribution in [3.05, 3.63) is 28.8 Å². The lowest BCUT2D eigenvalue weighted by molar-refractivity contribution is 0.0902. The van der Waals surface area contributed by atoms with Crippen LogP contribution in [0.4, 0.5) is 0 Å². The molecule has 0 aliphatic carbocycles. The monoisotopic (exact) mass is 311 g/mol. The minimum Gasteiger partial charge on any atom is -0.493 e. The molecule has 0 saturated carbocycles. The van der Waals surface area contributed by atoms with Crippen molar-refractivity contribution < 1.29 is 9.47 Å². The number of hydrogen-bond acceptors (Lipinski definition) is 3. The van der Waals surface area contributed by atoms with Gasteiger partial charge >= 0.3 is 0 Å². The minimum atomic E-state index is 0.0497. The molecule has 1 aliphatic rings. The summed E-state index contributed by atoms with van der Waals surface area (Å²) < 4.78 is 11.6. The highest BCUT2D eigenvalue weighted by molar-refractivity contribution is 6.31. The van der Waals surface area contributed by atoms with E-state index in [1.165, 1.54) is 6.42 Å². The van der Waals surface area contributed by atoms with Crippen molar-refractivity contribution in [1.29, 1.82) is 0 Å². The lowest BCUT2D eigenvalue weighted by Gasteiger charge is -2.22. The lowest BCUT2D eigenvalue weighted by atomic mass is 10.1. The summed E-state index contributed by atoms with van der Waals surface area (Å²) >= 11 is 6.32. The Morgan fingerprint density at radius 2 is 2.19 bits per heavy atom. The molecule has 1 fully saturated rings. The third-order valence-corrected chi connectivity index (χ3v) is 3.95. The van der Waals surface area contributed by atoms with E-state index >= 15 is 0 Å². The van der Waals surface area contributed by atoms with E-state index in [2.05, 4.69) is 26.1 Å². The average Bonchev–Trinajstić information content (AvgIpc) is 2.90. The molecule has 0 aromatic heterocycles. The van der Waals surface area contributed by atoms with Crippen LogP contribution in [-0.4, -0.2) is 24.9 Å². The Morgan fingerprint density at radius 3 is 2.86 bits per heavy atom. The van der Waals surface area contributed by atoms with E-state index in [-0.39, 0.29) is 5.54 Å². The van der Waals surface area contributed by atoms with Crippen LogP contribution in [0.25, 0.3) is 0 Å². The number of rotatable bonds is 6. The summed E-state index contributed by atoms with van der Waals surface area (Å²) in [5.41, 5.74) is 1.08. The first kappa shape index (κ1) is 16.6. The third-order valence-electron chi connectivity index (χ3n) is 3.59. The van der Waals surface area contributed by atoms with Crippen molar-refractivity contribution in [2.75, 3.05) is 13.2 Å². The SMILES string of the molecule is CC(C)(C)NCc1c(Cl)cccc1OCCC1CCCO1. The van der Waals surface area contributed by atoms with Gasteiger partial charge in [0.1, 0.15) is 5.75 Å². The van der Waals surface area contributed by atoms with E-state index in [1.807, 2.05) is 18.2 Å². The molecule has 1 aliphatic heterocycles. The van der Waals surface area contributed by atoms with E-state index in [0.717, 1.165) is 35.8 Å². The van der Waals surface area contributed by atoms with Gasteiger partial charge in [0, 0.05) is 35.7 Å². The second-order valence-electron chi connectivity index (χ2n) is 6.59. The Hall–Kier alpha value is -0.770. The lowest BCUT2D eigenvalue weighted by Crippen LogP contribution is -2.35. The molecule has 0 amide bonds. The van der Waals surface area contributed by atoms with Gasteiger partial charge in [0.05, 0.1) is 12.7 Å². The van der Waals surface area contributed by atoms with Crippen LogP contribution in [0, 0.1) is 0 Å². The molecule has 0 spiro atoms. The summed E-state index contributed by atoms with van der Waals surface area (Å²) in [6, 6.07) is 5.83. The summed E-state index contributed by atoms with van der Waals surface area (Å²) in [6.07, 6.45) is 3.62. The topological polar surface area (TPSA) is 30.5 Å². The standard InChI is InChI=1S/C17H26ClNO2/c1-17(2,3)19-12-14-15(18)7-4-8-16(14)21-11-9-13-6-5-10-20-13/h4,7-8,13,19H,5-6,9-12H2,1-3H3. The highest BCUT2D eigenvalue weighted by Crippen LogP contribution is 2.27. The van der Waals surface area contributed by atoms with Gasteiger partial charge in [0.2, 0.25) is 0 Å². The van der Waals surface area contributed by atoms with Crippen molar-refractivity contribution >= 4 is 11.6 Å². The van der Waals surface area contributed by atoms with Gasteiger partial charge in [0.15, 0.2) is 0 Å². The Bertz CT molecular complexity index is 451. The van der Waals surface area contributed by atoms with Crippen molar-refractivity contribution in [3.8, 4) is 5.75 Å². The van der Waals surface area contributed by atoms with Crippen LogP contribution in [0.1, 0.15) is 45.6 Å². The fourth-order valence-electron chi connectivity index (χ4n) is 2.37. The van der Waals surface area contributed by atoms with E-state index in [9.17, 15) is 0 Å². The molecule has 1 heterocycles. The Morgan fingerprint density at radius 1 is 1.38 bits per heavy atom. The van der Waals surface area contributed by atoms with Crippen LogP contribution >= 0.6 is 11.6 Å². The van der Waals surface area contributed by atoms with E-state index < -0.39 is 0 Å². The molecule has 2 rings (SSSR count). The molecule has 1 aromatic rings. The Balaban J connectivity index is 1.92. The van der Waals surface area contributed by atoms with Crippen LogP contribution < -0.4 is 10.1 Å². The number of hydrogen-bond donors (Lipinski definition) is 1. The van der Waals surface area contributed by atoms with E-state index in [4.69, 9.17) is 21.1 Å². The van der Waals surface area contributed by atoms with Gasteiger partial charge in [0.25, 0.3) is 0 Å². The maximum absolute atomic E-state index is 6.32. The third kappa shape index (κ3) is 5.50. The van der Waals surface area contributed by atoms with Crippen molar-refractivity contribution in [1.82, 2.24) is 5.32 Å². The number of ether oxygens (including phenoxy) is 2. The van der Waals surface area contributed by atoms with Gasteiger partial charge in [-0.2, -0.15) is 0 Å². The largest absolute Gasteiger partial charge is 0.493 e. The first-order chi connectivity index (χ1) is 9.96. The van der Waals surface area contributed by atoms with Crippen LogP contribution in [-0.2, 0) is 11.3 Å². The van der Waals surface area contributed by atoms with Gasteiger partial charge in [-0.1, -0.05) is 17.7 Å². The van der Waals surface area contributed by atoms with Crippen LogP contribution in [0.3, 0.4) is 0 Å². The number of benzene rings is 1. The fraction of sp³-hybridized carbons (Fsp3) is 0.647. The molecule has 0 radical (unpaired) electrons. The second kappa shape index (κ2) is 7.48. The molecule has 1 N–H and O–H groups in total. The number of nitrogens with one attached hydrogen (secondary N) is 1. The molecule has 1 unspecified atom stereocenters. The maximum Gasteiger partial charge on any atom is 0.125 e. The summed E-state index contributed by atoms with van der Waals surface area (Å²) in [5, 5.41) is 4.21. The maximum atomic E-state index is 6.32. The predicted octanol–water partition coefficient (Wildman–Crippen LogP) is 4.18. The van der Waals surface area contributed by atoms with E-state index in [0.29, 0.717) is 19.3 Å². The number of halogens is 1. The molecule has 0 bridgehead atoms. The average molecular weight is 312 g/mol. The van der Waals surface area contributed by atoms with E-state index in [1.54, 1.807) is 0 Å². The molecule has 4 heteroatoms. The Labute approximate surface area is 133 Å². The highest BCUT2D eigenvalue weighted by atomic mass is 35.5. The highest BCUT2D eigenvalue weighted by Gasteiger charge is 2.17. The second-order valence-corrected chi connectivity index (χ2v) is 7.00. The molecule has 1 saturated heterocycles. The zero-order valence-electron chi connectivity index (χ0n) is 13.2. The van der Waals surface area contributed by atoms with Gasteiger partial charge in [-0.3, -0.25) is 0 Å². The van der Waals surface area contributed by atoms with Gasteiger partial charge in [-0.05, 0) is 45.7 Å². The summed E-state index contributed by atoms with van der Waals surface area (Å²) in [6.45, 7) is 8.69. The molecule has 3 nitrogen and oxygen atoms in total. The van der Waals surface area contributed by atoms with Crippen LogP contribution in [0.5, 0.6) is 5.75 Å². The van der Waals surface area contributed by atoms with Gasteiger partial charge < -0.3 is 14.8 Å². The first-order valence-corrected chi connectivity index (χ1v) is 8.10. The summed E-state index contributed by atoms with van der Waals surface area (Å²) in [7, 11) is 0. The van der Waals surface area contributed by atoms with Gasteiger partial charge in [-0.25, -0.2) is 0 Å². The molecular weight excluding hydrogens is 286 g/mol. The van der Waals surface area contributed by atoms with Crippen molar-refractivity contribution in [2.24, 2.45) is 0 Å². The molecule has 21 heavy (non-hydrogen) atoms. The fourth-order valence-corrected chi connectivity index (χ4v) is 2.60. The molecule has 1 aromatic carbocycles. The van der Waals surface area contributed by atoms with Crippen LogP contribution in [0.2, 0.25) is 5.02 Å². The minimum absolute atomic E-state index is 0.0497. The van der Waals surface area contributed by atoms with Gasteiger partial charge in [-0.15, -0.1) is 0 Å². The Kier molecular flexibility index (Phi) is 5.91. The zero-order valence-corrected chi connectivity index (χ0v) is 14.0. The first-order valence-electron chi connectivity index (χ1n) is 7.72. The summed E-state index contributed by atoms with van der Waals surface area (Å²) in [5.74, 6) is 0.872. The van der Waals surface area contributed by atoms with Crippen molar-refractivity contribution in [3.63, 3.8) is 0 Å². The van der Waals surface area contributed by atoms with Crippen LogP contribution in [0.15, 0.2) is 18.2 Å². The molecule has 118 valence electrons. The molecule has 1 atom stereocenters. The quantitative estimate of drug-likeness (QED) is 0.855. The predicted molar refractivity (Wildman–Crippen MR) is 87.1 cm³/mol.